The number of esters is 1. The Balaban J connectivity index is 1.95. The summed E-state index contributed by atoms with van der Waals surface area (Å²) >= 11 is 5.94. The van der Waals surface area contributed by atoms with Crippen molar-refractivity contribution in [3.63, 3.8) is 0 Å². The molecule has 0 aliphatic carbocycles. The van der Waals surface area contributed by atoms with Gasteiger partial charge in [0.05, 0.1) is 12.6 Å². The largest absolute Gasteiger partial charge is 0.464 e. The van der Waals surface area contributed by atoms with Gasteiger partial charge in [-0.25, -0.2) is 4.79 Å². The number of benzene rings is 2. The molecule has 5 nitrogen and oxygen atoms in total. The van der Waals surface area contributed by atoms with Gasteiger partial charge in [0.2, 0.25) is 5.91 Å². The Morgan fingerprint density at radius 2 is 1.86 bits per heavy atom. The van der Waals surface area contributed by atoms with Crippen LogP contribution in [0, 0.1) is 0 Å². The summed E-state index contributed by atoms with van der Waals surface area (Å²) in [5.74, 6) is -0.898. The third-order valence-electron chi connectivity index (χ3n) is 5.21. The average Bonchev–Trinajstić information content (AvgIpc) is 3.11. The zero-order chi connectivity index (χ0) is 19.7. The van der Waals surface area contributed by atoms with E-state index in [1.165, 1.54) is 0 Å². The summed E-state index contributed by atoms with van der Waals surface area (Å²) in [6.45, 7) is 2.02. The molecule has 2 atom stereocenters. The van der Waals surface area contributed by atoms with Crippen LogP contribution in [0.2, 0.25) is 0 Å². The Bertz CT molecular complexity index is 1020. The zero-order valence-electron chi connectivity index (χ0n) is 15.5. The zero-order valence-corrected chi connectivity index (χ0v) is 16.3. The van der Waals surface area contributed by atoms with Gasteiger partial charge in [0.15, 0.2) is 0 Å². The number of ether oxygens (including phenoxy) is 1. The van der Waals surface area contributed by atoms with Gasteiger partial charge in [-0.05, 0) is 24.1 Å². The second kappa shape index (κ2) is 7.68. The second-order valence-corrected chi connectivity index (χ2v) is 7.05. The van der Waals surface area contributed by atoms with Crippen LogP contribution in [0.5, 0.6) is 0 Å². The van der Waals surface area contributed by atoms with Crippen molar-refractivity contribution in [3.05, 3.63) is 71.4 Å². The molecule has 2 aromatic carbocycles. The number of hydrogen-bond acceptors (Lipinski definition) is 3. The molecule has 3 aromatic rings. The van der Waals surface area contributed by atoms with E-state index in [2.05, 4.69) is 4.98 Å². The van der Waals surface area contributed by atoms with Crippen LogP contribution in [0.25, 0.3) is 10.9 Å². The minimum absolute atomic E-state index is 0.200. The SMILES string of the molecule is CCOC(=O)[C@@H]1Cc2c([nH]c3ccccc23)[C@H](c2ccccc2)N1C(=O)CCl. The number of nitrogens with zero attached hydrogens (tertiary/aromatic N) is 1. The fraction of sp³-hybridized carbons (Fsp3) is 0.273. The number of H-pyrrole nitrogens is 1. The van der Waals surface area contributed by atoms with Crippen LogP contribution in [-0.4, -0.2) is 40.3 Å². The molecule has 0 bridgehead atoms. The van der Waals surface area contributed by atoms with Gasteiger partial charge in [-0.1, -0.05) is 48.5 Å². The number of para-hydroxylation sites is 1. The van der Waals surface area contributed by atoms with Crippen LogP contribution in [-0.2, 0) is 20.7 Å². The summed E-state index contributed by atoms with van der Waals surface area (Å²) < 4.78 is 5.31. The summed E-state index contributed by atoms with van der Waals surface area (Å²) in [6.07, 6.45) is 0.393. The van der Waals surface area contributed by atoms with Crippen LogP contribution in [0.4, 0.5) is 0 Å². The molecule has 0 saturated carbocycles. The number of hydrogen-bond donors (Lipinski definition) is 1. The molecule has 1 amide bonds. The van der Waals surface area contributed by atoms with Gasteiger partial charge in [0.25, 0.3) is 0 Å². The highest BCUT2D eigenvalue weighted by molar-refractivity contribution is 6.27. The smallest absolute Gasteiger partial charge is 0.329 e. The molecule has 4 rings (SSSR count). The van der Waals surface area contributed by atoms with Crippen molar-refractivity contribution in [1.29, 1.82) is 0 Å². The molecule has 0 spiro atoms. The Kier molecular flexibility index (Phi) is 5.09. The molecule has 1 N–H and O–H groups in total. The molecular formula is C22H21ClN2O3. The number of alkyl halides is 1. The number of carbonyl (C=O) groups is 2. The van der Waals surface area contributed by atoms with Crippen molar-refractivity contribution in [3.8, 4) is 0 Å². The van der Waals surface area contributed by atoms with Crippen LogP contribution >= 0.6 is 11.6 Å². The maximum Gasteiger partial charge on any atom is 0.329 e. The first kappa shape index (κ1) is 18.6. The van der Waals surface area contributed by atoms with Gasteiger partial charge in [0.1, 0.15) is 11.9 Å². The molecule has 144 valence electrons. The highest BCUT2D eigenvalue weighted by Crippen LogP contribution is 2.41. The minimum atomic E-state index is -0.719. The van der Waals surface area contributed by atoms with Gasteiger partial charge in [-0.2, -0.15) is 0 Å². The number of carbonyl (C=O) groups excluding carboxylic acids is 2. The molecule has 28 heavy (non-hydrogen) atoms. The predicted molar refractivity (Wildman–Crippen MR) is 108 cm³/mol. The molecule has 0 saturated heterocycles. The number of halogens is 1. The number of aromatic nitrogens is 1. The van der Waals surface area contributed by atoms with Gasteiger partial charge in [-0.15, -0.1) is 11.6 Å². The van der Waals surface area contributed by atoms with E-state index in [0.29, 0.717) is 6.42 Å². The summed E-state index contributed by atoms with van der Waals surface area (Å²) in [5, 5.41) is 1.06. The number of fused-ring (bicyclic) bond motifs is 3. The third-order valence-corrected chi connectivity index (χ3v) is 5.44. The first-order chi connectivity index (χ1) is 13.7. The Morgan fingerprint density at radius 3 is 2.57 bits per heavy atom. The first-order valence-corrected chi connectivity index (χ1v) is 9.87. The Hall–Kier alpha value is -2.79. The lowest BCUT2D eigenvalue weighted by Gasteiger charge is -2.40. The lowest BCUT2D eigenvalue weighted by atomic mass is 9.88. The topological polar surface area (TPSA) is 62.4 Å². The third kappa shape index (κ3) is 3.06. The Morgan fingerprint density at radius 1 is 1.14 bits per heavy atom. The molecule has 1 aromatic heterocycles. The van der Waals surface area contributed by atoms with E-state index in [1.807, 2.05) is 54.6 Å². The fourth-order valence-electron chi connectivity index (χ4n) is 4.07. The van der Waals surface area contributed by atoms with Crippen LogP contribution in [0.3, 0.4) is 0 Å². The molecule has 0 unspecified atom stereocenters. The van der Waals surface area contributed by atoms with Gasteiger partial charge < -0.3 is 14.6 Å². The molecule has 1 aliphatic rings. The number of rotatable bonds is 4. The van der Waals surface area contributed by atoms with E-state index >= 15 is 0 Å². The van der Waals surface area contributed by atoms with Crippen LogP contribution in [0.15, 0.2) is 54.6 Å². The summed E-state index contributed by atoms with van der Waals surface area (Å²) in [4.78, 5) is 30.7. The van der Waals surface area contributed by atoms with Crippen molar-refractivity contribution in [2.24, 2.45) is 0 Å². The van der Waals surface area contributed by atoms with E-state index in [-0.39, 0.29) is 18.4 Å². The Labute approximate surface area is 168 Å². The standard InChI is InChI=1S/C22H21ClN2O3/c1-2-28-22(27)18-12-16-15-10-6-7-11-17(15)24-20(16)21(25(18)19(26)13-23)14-8-4-3-5-9-14/h3-11,18,21,24H,2,12-13H2,1H3/t18-,21-/m0/s1. The lowest BCUT2D eigenvalue weighted by Crippen LogP contribution is -2.52. The summed E-state index contributed by atoms with van der Waals surface area (Å²) in [6, 6.07) is 16.5. The predicted octanol–water partition coefficient (Wildman–Crippen LogP) is 3.81. The normalized spacial score (nSPS) is 18.7. The molecule has 6 heteroatoms. The molecule has 0 radical (unpaired) electrons. The van der Waals surface area contributed by atoms with Crippen molar-refractivity contribution in [2.45, 2.75) is 25.4 Å². The van der Waals surface area contributed by atoms with E-state index < -0.39 is 18.1 Å². The maximum absolute atomic E-state index is 12.9. The maximum atomic E-state index is 12.9. The van der Waals surface area contributed by atoms with E-state index in [9.17, 15) is 9.59 Å². The van der Waals surface area contributed by atoms with Crippen LogP contribution in [0.1, 0.15) is 29.8 Å². The highest BCUT2D eigenvalue weighted by atomic mass is 35.5. The fourth-order valence-corrected chi connectivity index (χ4v) is 4.21. The van der Waals surface area contributed by atoms with Crippen molar-refractivity contribution in [1.82, 2.24) is 9.88 Å². The second-order valence-electron chi connectivity index (χ2n) is 6.78. The van der Waals surface area contributed by atoms with Gasteiger partial charge in [-0.3, -0.25) is 4.79 Å². The number of nitrogens with one attached hydrogen (secondary N) is 1. The van der Waals surface area contributed by atoms with Crippen molar-refractivity contribution >= 4 is 34.4 Å². The first-order valence-electron chi connectivity index (χ1n) is 9.33. The monoisotopic (exact) mass is 396 g/mol. The van der Waals surface area contributed by atoms with Crippen molar-refractivity contribution in [2.75, 3.05) is 12.5 Å². The van der Waals surface area contributed by atoms with E-state index in [1.54, 1.807) is 11.8 Å². The molecular weight excluding hydrogens is 376 g/mol. The van der Waals surface area contributed by atoms with E-state index in [4.69, 9.17) is 16.3 Å². The average molecular weight is 397 g/mol. The van der Waals surface area contributed by atoms with Gasteiger partial charge in [0, 0.05) is 23.0 Å². The van der Waals surface area contributed by atoms with Crippen LogP contribution < -0.4 is 0 Å². The number of amides is 1. The molecule has 1 aliphatic heterocycles. The van der Waals surface area contributed by atoms with Gasteiger partial charge >= 0.3 is 5.97 Å². The number of aromatic amines is 1. The lowest BCUT2D eigenvalue weighted by molar-refractivity contribution is -0.156. The molecule has 0 fully saturated rings. The highest BCUT2D eigenvalue weighted by Gasteiger charge is 2.43. The quantitative estimate of drug-likeness (QED) is 0.538. The molecule has 2 heterocycles. The van der Waals surface area contributed by atoms with E-state index in [0.717, 1.165) is 27.7 Å². The van der Waals surface area contributed by atoms with Crippen molar-refractivity contribution < 1.29 is 14.3 Å². The summed E-state index contributed by atoms with van der Waals surface area (Å²) in [7, 11) is 0. The minimum Gasteiger partial charge on any atom is -0.464 e. The summed E-state index contributed by atoms with van der Waals surface area (Å²) in [5.41, 5.74) is 3.87.